The molecule has 1 aliphatic heterocycles. The number of aliphatic hydroxyl groups excluding tert-OH is 3. The molecule has 2 rings (SSSR count). The van der Waals surface area contributed by atoms with Crippen LogP contribution in [0.1, 0.15) is 6.92 Å². The van der Waals surface area contributed by atoms with Crippen LogP contribution in [0.4, 0.5) is 5.69 Å². The van der Waals surface area contributed by atoms with Gasteiger partial charge in [0.2, 0.25) is 6.29 Å². The molecule has 20 heavy (non-hydrogen) atoms. The van der Waals surface area contributed by atoms with Gasteiger partial charge in [-0.1, -0.05) is 12.1 Å². The average molecular weight is 285 g/mol. The minimum Gasteiger partial charge on any atom is -0.455 e. The van der Waals surface area contributed by atoms with Crippen LogP contribution in [0.5, 0.6) is 5.75 Å². The summed E-state index contributed by atoms with van der Waals surface area (Å²) in [6.45, 7) is 1.50. The Kier molecular flexibility index (Phi) is 4.19. The van der Waals surface area contributed by atoms with Gasteiger partial charge in [0.1, 0.15) is 18.3 Å². The van der Waals surface area contributed by atoms with Crippen LogP contribution in [-0.2, 0) is 4.74 Å². The molecule has 1 aromatic carbocycles. The van der Waals surface area contributed by atoms with E-state index in [1.54, 1.807) is 0 Å². The number of rotatable bonds is 3. The maximum Gasteiger partial charge on any atom is 0.311 e. The molecule has 0 bridgehead atoms. The molecule has 1 fully saturated rings. The number of hydrogen-bond acceptors (Lipinski definition) is 7. The first-order valence-corrected chi connectivity index (χ1v) is 6.01. The highest BCUT2D eigenvalue weighted by atomic mass is 16.7. The van der Waals surface area contributed by atoms with E-state index < -0.39 is 35.6 Å². The van der Waals surface area contributed by atoms with E-state index >= 15 is 0 Å². The zero-order chi connectivity index (χ0) is 14.9. The first-order valence-electron chi connectivity index (χ1n) is 6.01. The summed E-state index contributed by atoms with van der Waals surface area (Å²) < 4.78 is 10.5. The van der Waals surface area contributed by atoms with E-state index in [0.717, 1.165) is 0 Å². The number of ether oxygens (including phenoxy) is 2. The van der Waals surface area contributed by atoms with Gasteiger partial charge >= 0.3 is 5.69 Å². The molecule has 110 valence electrons. The second kappa shape index (κ2) is 5.71. The fourth-order valence-corrected chi connectivity index (χ4v) is 1.94. The maximum atomic E-state index is 10.9. The Labute approximate surface area is 114 Å². The Morgan fingerprint density at radius 1 is 1.20 bits per heavy atom. The van der Waals surface area contributed by atoms with Crippen molar-refractivity contribution < 1.29 is 29.7 Å². The fourth-order valence-electron chi connectivity index (χ4n) is 1.94. The van der Waals surface area contributed by atoms with E-state index in [1.807, 2.05) is 0 Å². The summed E-state index contributed by atoms with van der Waals surface area (Å²) >= 11 is 0. The van der Waals surface area contributed by atoms with E-state index in [-0.39, 0.29) is 11.4 Å². The van der Waals surface area contributed by atoms with Crippen molar-refractivity contribution in [1.29, 1.82) is 0 Å². The van der Waals surface area contributed by atoms with Gasteiger partial charge in [-0.15, -0.1) is 0 Å². The van der Waals surface area contributed by atoms with Crippen molar-refractivity contribution >= 4 is 5.69 Å². The third kappa shape index (κ3) is 2.73. The molecule has 0 amide bonds. The third-order valence-corrected chi connectivity index (χ3v) is 3.11. The second-order valence-corrected chi connectivity index (χ2v) is 4.52. The van der Waals surface area contributed by atoms with Gasteiger partial charge in [0.15, 0.2) is 5.75 Å². The Hall–Kier alpha value is -1.74. The summed E-state index contributed by atoms with van der Waals surface area (Å²) in [7, 11) is 0. The van der Waals surface area contributed by atoms with Crippen LogP contribution >= 0.6 is 0 Å². The van der Waals surface area contributed by atoms with Crippen LogP contribution in [0.25, 0.3) is 0 Å². The molecule has 8 heteroatoms. The standard InChI is InChI=1S/C12H15NO7/c1-6-9(14)10(15)11(16)12(19-6)20-8-5-3-2-4-7(8)13(17)18/h2-6,9-12,14-16H,1H3/t6-,9+,10+,11-,12+/m0/s1. The van der Waals surface area contributed by atoms with Crippen LogP contribution in [0, 0.1) is 10.1 Å². The lowest BCUT2D eigenvalue weighted by atomic mass is 10.00. The fraction of sp³-hybridized carbons (Fsp3) is 0.500. The summed E-state index contributed by atoms with van der Waals surface area (Å²) in [5, 5.41) is 39.8. The van der Waals surface area contributed by atoms with Gasteiger partial charge in [-0.05, 0) is 13.0 Å². The minimum absolute atomic E-state index is 0.0858. The monoisotopic (exact) mass is 285 g/mol. The lowest BCUT2D eigenvalue weighted by Crippen LogP contribution is -2.58. The number of nitrogens with zero attached hydrogens (tertiary/aromatic N) is 1. The highest BCUT2D eigenvalue weighted by Crippen LogP contribution is 2.30. The molecule has 3 N–H and O–H groups in total. The van der Waals surface area contributed by atoms with Gasteiger partial charge in [0.05, 0.1) is 11.0 Å². The molecular formula is C12H15NO7. The van der Waals surface area contributed by atoms with Crippen molar-refractivity contribution in [2.45, 2.75) is 37.6 Å². The van der Waals surface area contributed by atoms with Crippen molar-refractivity contribution in [1.82, 2.24) is 0 Å². The first kappa shape index (κ1) is 14.7. The van der Waals surface area contributed by atoms with Crippen molar-refractivity contribution in [2.24, 2.45) is 0 Å². The Morgan fingerprint density at radius 3 is 2.50 bits per heavy atom. The summed E-state index contributed by atoms with van der Waals surface area (Å²) in [6.07, 6.45) is -6.30. The zero-order valence-electron chi connectivity index (χ0n) is 10.6. The summed E-state index contributed by atoms with van der Waals surface area (Å²) in [4.78, 5) is 10.2. The topological polar surface area (TPSA) is 122 Å². The third-order valence-electron chi connectivity index (χ3n) is 3.11. The lowest BCUT2D eigenvalue weighted by Gasteiger charge is -2.38. The zero-order valence-corrected chi connectivity index (χ0v) is 10.6. The number of benzene rings is 1. The smallest absolute Gasteiger partial charge is 0.311 e. The van der Waals surface area contributed by atoms with E-state index in [9.17, 15) is 25.4 Å². The molecule has 0 radical (unpaired) electrons. The molecule has 1 saturated heterocycles. The number of hydrogen-bond donors (Lipinski definition) is 3. The molecule has 0 unspecified atom stereocenters. The quantitative estimate of drug-likeness (QED) is 0.519. The van der Waals surface area contributed by atoms with Gasteiger partial charge in [-0.3, -0.25) is 10.1 Å². The molecule has 1 aromatic rings. The van der Waals surface area contributed by atoms with Crippen molar-refractivity contribution in [3.63, 3.8) is 0 Å². The van der Waals surface area contributed by atoms with E-state index in [0.29, 0.717) is 0 Å². The molecular weight excluding hydrogens is 270 g/mol. The maximum absolute atomic E-state index is 10.9. The van der Waals surface area contributed by atoms with Crippen molar-refractivity contribution in [3.8, 4) is 5.75 Å². The number of nitro groups is 1. The first-order chi connectivity index (χ1) is 9.41. The number of nitro benzene ring substituents is 1. The molecule has 0 spiro atoms. The van der Waals surface area contributed by atoms with Crippen molar-refractivity contribution in [2.75, 3.05) is 0 Å². The largest absolute Gasteiger partial charge is 0.455 e. The van der Waals surface area contributed by atoms with Gasteiger partial charge < -0.3 is 24.8 Å². The lowest BCUT2D eigenvalue weighted by molar-refractivity contribution is -0.387. The van der Waals surface area contributed by atoms with Crippen molar-refractivity contribution in [3.05, 3.63) is 34.4 Å². The predicted molar refractivity (Wildman–Crippen MR) is 66.1 cm³/mol. The van der Waals surface area contributed by atoms with E-state index in [1.165, 1.54) is 31.2 Å². The van der Waals surface area contributed by atoms with E-state index in [4.69, 9.17) is 9.47 Å². The van der Waals surface area contributed by atoms with Crippen LogP contribution in [0.3, 0.4) is 0 Å². The second-order valence-electron chi connectivity index (χ2n) is 4.52. The van der Waals surface area contributed by atoms with Crippen LogP contribution < -0.4 is 4.74 Å². The van der Waals surface area contributed by atoms with Gasteiger partial charge in [0.25, 0.3) is 0 Å². The summed E-state index contributed by atoms with van der Waals surface area (Å²) in [6, 6.07) is 5.62. The minimum atomic E-state index is -1.51. The summed E-state index contributed by atoms with van der Waals surface area (Å²) in [5.41, 5.74) is -0.281. The van der Waals surface area contributed by atoms with Gasteiger partial charge in [0, 0.05) is 6.07 Å². The van der Waals surface area contributed by atoms with Crippen LogP contribution in [-0.4, -0.2) is 50.9 Å². The van der Waals surface area contributed by atoms with Gasteiger partial charge in [-0.25, -0.2) is 0 Å². The molecule has 0 saturated carbocycles. The Morgan fingerprint density at radius 2 is 1.85 bits per heavy atom. The molecule has 0 aliphatic carbocycles. The highest BCUT2D eigenvalue weighted by molar-refractivity contribution is 5.45. The summed E-state index contributed by atoms with van der Waals surface area (Å²) in [5.74, 6) is -0.0858. The van der Waals surface area contributed by atoms with Crippen LogP contribution in [0.2, 0.25) is 0 Å². The molecule has 5 atom stereocenters. The molecule has 1 aliphatic rings. The molecule has 1 heterocycles. The molecule has 0 aromatic heterocycles. The highest BCUT2D eigenvalue weighted by Gasteiger charge is 2.43. The number of para-hydroxylation sites is 2. The Balaban J connectivity index is 2.20. The number of aliphatic hydroxyl groups is 3. The molecule has 8 nitrogen and oxygen atoms in total. The van der Waals surface area contributed by atoms with Crippen LogP contribution in [0.15, 0.2) is 24.3 Å². The average Bonchev–Trinajstić information content (AvgIpc) is 2.43. The SMILES string of the molecule is C[C@@H]1O[C@H](Oc2ccccc2[N+](=O)[O-])[C@@H](O)[C@H](O)[C@@H]1O. The normalized spacial score (nSPS) is 33.7. The van der Waals surface area contributed by atoms with Gasteiger partial charge in [-0.2, -0.15) is 0 Å². The van der Waals surface area contributed by atoms with E-state index in [2.05, 4.69) is 0 Å². The predicted octanol–water partition coefficient (Wildman–Crippen LogP) is -0.199. The Bertz CT molecular complexity index is 494.